The molecule has 0 saturated heterocycles. The number of halogens is 1. The van der Waals surface area contributed by atoms with Crippen LogP contribution in [0.2, 0.25) is 0 Å². The van der Waals surface area contributed by atoms with E-state index in [2.05, 4.69) is 49.3 Å². The molecule has 1 aliphatic carbocycles. The van der Waals surface area contributed by atoms with E-state index in [0.717, 1.165) is 12.1 Å². The van der Waals surface area contributed by atoms with Crippen molar-refractivity contribution in [1.29, 1.82) is 0 Å². The van der Waals surface area contributed by atoms with Gasteiger partial charge in [0, 0.05) is 5.69 Å². The fraction of sp³-hybridized carbons (Fsp3) is 0.462. The molecule has 0 bridgehead atoms. The fourth-order valence-corrected chi connectivity index (χ4v) is 1.89. The molecule has 0 amide bonds. The Kier molecular flexibility index (Phi) is 4.80. The van der Waals surface area contributed by atoms with Crippen LogP contribution in [0, 0.1) is 19.8 Å². The highest BCUT2D eigenvalue weighted by atomic mass is 127. The summed E-state index contributed by atoms with van der Waals surface area (Å²) >= 11 is 0. The van der Waals surface area contributed by atoms with Crippen LogP contribution in [0.1, 0.15) is 24.5 Å². The van der Waals surface area contributed by atoms with Crippen molar-refractivity contribution >= 4 is 35.6 Å². The van der Waals surface area contributed by atoms with Crippen LogP contribution in [0.3, 0.4) is 0 Å². The molecule has 1 fully saturated rings. The van der Waals surface area contributed by atoms with Crippen molar-refractivity contribution in [1.82, 2.24) is 0 Å². The average Bonchev–Trinajstić information content (AvgIpc) is 2.78. The summed E-state index contributed by atoms with van der Waals surface area (Å²) in [6, 6.07) is 6.72. The summed E-state index contributed by atoms with van der Waals surface area (Å²) in [4.78, 5) is 4.41. The molecule has 0 aliphatic heterocycles. The first-order valence-corrected chi connectivity index (χ1v) is 5.73. The predicted molar refractivity (Wildman–Crippen MR) is 84.1 cm³/mol. The lowest BCUT2D eigenvalue weighted by Crippen LogP contribution is -2.23. The van der Waals surface area contributed by atoms with Crippen LogP contribution in [-0.4, -0.2) is 12.0 Å². The van der Waals surface area contributed by atoms with Crippen molar-refractivity contribution in [3.8, 4) is 0 Å². The van der Waals surface area contributed by atoms with Gasteiger partial charge in [-0.2, -0.15) is 0 Å². The molecule has 4 heteroatoms. The predicted octanol–water partition coefficient (Wildman–Crippen LogP) is 3.06. The van der Waals surface area contributed by atoms with Gasteiger partial charge >= 0.3 is 0 Å². The molecule has 0 aromatic heterocycles. The number of benzene rings is 1. The van der Waals surface area contributed by atoms with E-state index in [9.17, 15) is 0 Å². The first-order chi connectivity index (χ1) is 7.54. The Morgan fingerprint density at radius 3 is 2.29 bits per heavy atom. The third-order valence-corrected chi connectivity index (χ3v) is 2.87. The lowest BCUT2D eigenvalue weighted by atomic mass is 10.1. The van der Waals surface area contributed by atoms with Crippen LogP contribution < -0.4 is 11.1 Å². The molecule has 2 unspecified atom stereocenters. The molecule has 17 heavy (non-hydrogen) atoms. The van der Waals surface area contributed by atoms with Crippen molar-refractivity contribution in [3.63, 3.8) is 0 Å². The molecule has 94 valence electrons. The van der Waals surface area contributed by atoms with Gasteiger partial charge in [0.1, 0.15) is 0 Å². The Morgan fingerprint density at radius 1 is 1.29 bits per heavy atom. The van der Waals surface area contributed by atoms with Crippen molar-refractivity contribution in [2.45, 2.75) is 33.2 Å². The number of rotatable bonds is 2. The van der Waals surface area contributed by atoms with Gasteiger partial charge in [0.2, 0.25) is 0 Å². The first-order valence-electron chi connectivity index (χ1n) is 5.73. The van der Waals surface area contributed by atoms with Gasteiger partial charge in [-0.1, -0.05) is 13.0 Å². The summed E-state index contributed by atoms with van der Waals surface area (Å²) in [5, 5.41) is 3.14. The molecule has 0 heterocycles. The van der Waals surface area contributed by atoms with Crippen LogP contribution in [0.15, 0.2) is 23.2 Å². The standard InChI is InChI=1S/C13H19N3.HI/c1-8-4-9(2)6-11(5-8)15-13(14)16-12-7-10(12)3;/h4-6,10,12H,7H2,1-3H3,(H3,14,15,16);1H. The highest BCUT2D eigenvalue weighted by Crippen LogP contribution is 2.32. The molecule has 3 nitrogen and oxygen atoms in total. The minimum atomic E-state index is 0. The maximum atomic E-state index is 5.85. The van der Waals surface area contributed by atoms with Crippen molar-refractivity contribution in [2.75, 3.05) is 5.32 Å². The highest BCUT2D eigenvalue weighted by molar-refractivity contribution is 14.0. The average molecular weight is 345 g/mol. The maximum Gasteiger partial charge on any atom is 0.193 e. The van der Waals surface area contributed by atoms with E-state index in [0.29, 0.717) is 17.9 Å². The van der Waals surface area contributed by atoms with Crippen LogP contribution in [-0.2, 0) is 0 Å². The lowest BCUT2D eigenvalue weighted by molar-refractivity contribution is 0.893. The molecule has 0 radical (unpaired) electrons. The summed E-state index contributed by atoms with van der Waals surface area (Å²) < 4.78 is 0. The van der Waals surface area contributed by atoms with Gasteiger partial charge in [0.15, 0.2) is 5.96 Å². The second-order valence-corrected chi connectivity index (χ2v) is 4.80. The van der Waals surface area contributed by atoms with Crippen molar-refractivity contribution in [2.24, 2.45) is 16.6 Å². The molecule has 1 aliphatic rings. The van der Waals surface area contributed by atoms with E-state index in [4.69, 9.17) is 5.73 Å². The normalized spacial score (nSPS) is 22.9. The van der Waals surface area contributed by atoms with Gasteiger partial charge in [-0.3, -0.25) is 0 Å². The Morgan fingerprint density at radius 2 is 1.82 bits per heavy atom. The van der Waals surface area contributed by atoms with Crippen LogP contribution >= 0.6 is 24.0 Å². The first kappa shape index (κ1) is 14.3. The van der Waals surface area contributed by atoms with Gasteiger partial charge in [-0.25, -0.2) is 4.99 Å². The van der Waals surface area contributed by atoms with Gasteiger partial charge in [-0.05, 0) is 49.4 Å². The summed E-state index contributed by atoms with van der Waals surface area (Å²) in [6.45, 7) is 6.35. The van der Waals surface area contributed by atoms with Gasteiger partial charge in [-0.15, -0.1) is 24.0 Å². The van der Waals surface area contributed by atoms with Crippen molar-refractivity contribution < 1.29 is 0 Å². The monoisotopic (exact) mass is 345 g/mol. The Balaban J connectivity index is 0.00000144. The zero-order chi connectivity index (χ0) is 11.7. The Hall–Kier alpha value is -0.780. The number of hydrogen-bond acceptors (Lipinski definition) is 1. The maximum absolute atomic E-state index is 5.85. The topological polar surface area (TPSA) is 50.4 Å². The molecule has 3 N–H and O–H groups in total. The second kappa shape index (κ2) is 5.71. The number of aliphatic imine (C=N–C) groups is 1. The zero-order valence-electron chi connectivity index (χ0n) is 10.5. The quantitative estimate of drug-likeness (QED) is 0.492. The number of aryl methyl sites for hydroxylation is 2. The van der Waals surface area contributed by atoms with Gasteiger partial charge in [0.25, 0.3) is 0 Å². The third kappa shape index (κ3) is 4.18. The molecular weight excluding hydrogens is 325 g/mol. The lowest BCUT2D eigenvalue weighted by Gasteiger charge is -2.07. The Bertz CT molecular complexity index is 408. The molecule has 1 aromatic carbocycles. The number of hydrogen-bond donors (Lipinski definition) is 2. The summed E-state index contributed by atoms with van der Waals surface area (Å²) in [5.74, 6) is 1.22. The minimum absolute atomic E-state index is 0. The highest BCUT2D eigenvalue weighted by Gasteiger charge is 2.32. The largest absolute Gasteiger partial charge is 0.370 e. The minimum Gasteiger partial charge on any atom is -0.370 e. The van der Waals surface area contributed by atoms with Crippen LogP contribution in [0.4, 0.5) is 5.69 Å². The van der Waals surface area contributed by atoms with E-state index in [1.54, 1.807) is 0 Å². The van der Waals surface area contributed by atoms with Gasteiger partial charge < -0.3 is 11.1 Å². The van der Waals surface area contributed by atoms with E-state index < -0.39 is 0 Å². The smallest absolute Gasteiger partial charge is 0.193 e. The Labute approximate surface area is 120 Å². The number of nitrogens with two attached hydrogens (primary N) is 1. The number of guanidine groups is 1. The molecule has 1 aromatic rings. The van der Waals surface area contributed by atoms with Gasteiger partial charge in [0.05, 0.1) is 6.04 Å². The number of nitrogens with one attached hydrogen (secondary N) is 1. The third-order valence-electron chi connectivity index (χ3n) is 2.87. The van der Waals surface area contributed by atoms with E-state index in [1.165, 1.54) is 11.1 Å². The molecule has 2 rings (SSSR count). The summed E-state index contributed by atoms with van der Waals surface area (Å²) in [5.41, 5.74) is 9.33. The number of anilines is 1. The molecule has 1 saturated carbocycles. The molecule has 2 atom stereocenters. The molecule has 0 spiro atoms. The van der Waals surface area contributed by atoms with E-state index >= 15 is 0 Å². The second-order valence-electron chi connectivity index (χ2n) is 4.80. The number of nitrogens with zero attached hydrogens (tertiary/aromatic N) is 1. The van der Waals surface area contributed by atoms with E-state index in [-0.39, 0.29) is 24.0 Å². The van der Waals surface area contributed by atoms with Crippen LogP contribution in [0.25, 0.3) is 0 Å². The zero-order valence-corrected chi connectivity index (χ0v) is 12.9. The van der Waals surface area contributed by atoms with E-state index in [1.807, 2.05) is 0 Å². The SMILES string of the molecule is Cc1cc(C)cc(NC(N)=NC2CC2C)c1.I. The summed E-state index contributed by atoms with van der Waals surface area (Å²) in [6.07, 6.45) is 1.16. The van der Waals surface area contributed by atoms with Crippen molar-refractivity contribution in [3.05, 3.63) is 29.3 Å². The van der Waals surface area contributed by atoms with Crippen LogP contribution in [0.5, 0.6) is 0 Å². The fourth-order valence-electron chi connectivity index (χ4n) is 1.89. The summed E-state index contributed by atoms with van der Waals surface area (Å²) in [7, 11) is 0. The molecular formula is C13H20IN3.